The lowest BCUT2D eigenvalue weighted by Crippen LogP contribution is -2.35. The van der Waals surface area contributed by atoms with Crippen LogP contribution in [0.15, 0.2) is 5.16 Å². The molecule has 0 spiro atoms. The van der Waals surface area contributed by atoms with Crippen LogP contribution in [0.3, 0.4) is 0 Å². The Kier molecular flexibility index (Phi) is 3.88. The predicted molar refractivity (Wildman–Crippen MR) is 85.6 cm³/mol. The van der Waals surface area contributed by atoms with Crippen LogP contribution in [0.2, 0.25) is 0 Å². The SMILES string of the molecule is O=C(CSc1nnc(N2CCCC2)n1C1CC1)N1CCNC1=O. The number of anilines is 1. The molecule has 23 heavy (non-hydrogen) atoms. The van der Waals surface area contributed by atoms with E-state index >= 15 is 0 Å². The molecule has 2 aliphatic heterocycles. The third-order valence-corrected chi connectivity index (χ3v) is 5.36. The molecule has 0 aromatic carbocycles. The van der Waals surface area contributed by atoms with Crippen LogP contribution in [-0.4, -0.2) is 63.5 Å². The van der Waals surface area contributed by atoms with E-state index in [1.165, 1.54) is 29.5 Å². The Labute approximate surface area is 138 Å². The standard InChI is InChI=1S/C14H20N6O2S/c21-11(19-8-5-15-13(19)22)9-23-14-17-16-12(18-6-1-2-7-18)20(14)10-3-4-10/h10H,1-9H2,(H,15,22). The van der Waals surface area contributed by atoms with E-state index in [1.54, 1.807) is 0 Å². The fourth-order valence-corrected chi connectivity index (χ4v) is 3.94. The van der Waals surface area contributed by atoms with E-state index in [2.05, 4.69) is 25.0 Å². The van der Waals surface area contributed by atoms with Crippen molar-refractivity contribution in [2.75, 3.05) is 36.8 Å². The Morgan fingerprint density at radius 3 is 2.65 bits per heavy atom. The second kappa shape index (κ2) is 6.03. The molecule has 1 aromatic heterocycles. The monoisotopic (exact) mass is 336 g/mol. The number of nitrogens with one attached hydrogen (secondary N) is 1. The summed E-state index contributed by atoms with van der Waals surface area (Å²) < 4.78 is 2.19. The van der Waals surface area contributed by atoms with Gasteiger partial charge in [-0.1, -0.05) is 11.8 Å². The third kappa shape index (κ3) is 2.89. The van der Waals surface area contributed by atoms with Gasteiger partial charge in [-0.3, -0.25) is 14.3 Å². The van der Waals surface area contributed by atoms with Gasteiger partial charge in [0.2, 0.25) is 11.9 Å². The molecule has 3 amide bonds. The highest BCUT2D eigenvalue weighted by Gasteiger charge is 2.33. The first-order chi connectivity index (χ1) is 11.2. The Morgan fingerprint density at radius 2 is 2.00 bits per heavy atom. The number of rotatable bonds is 5. The molecule has 1 aliphatic carbocycles. The maximum absolute atomic E-state index is 12.2. The minimum absolute atomic E-state index is 0.168. The Morgan fingerprint density at radius 1 is 1.22 bits per heavy atom. The van der Waals surface area contributed by atoms with Crippen LogP contribution < -0.4 is 10.2 Å². The summed E-state index contributed by atoms with van der Waals surface area (Å²) in [5, 5.41) is 12.1. The highest BCUT2D eigenvalue weighted by molar-refractivity contribution is 7.99. The number of thioether (sulfide) groups is 1. The van der Waals surface area contributed by atoms with Gasteiger partial charge in [0.1, 0.15) is 0 Å². The number of urea groups is 1. The van der Waals surface area contributed by atoms with Gasteiger partial charge in [0, 0.05) is 32.2 Å². The molecule has 3 fully saturated rings. The summed E-state index contributed by atoms with van der Waals surface area (Å²) >= 11 is 1.38. The fourth-order valence-electron chi connectivity index (χ4n) is 3.07. The molecule has 124 valence electrons. The highest BCUT2D eigenvalue weighted by Crippen LogP contribution is 2.41. The van der Waals surface area contributed by atoms with Crippen molar-refractivity contribution in [2.24, 2.45) is 0 Å². The van der Waals surface area contributed by atoms with Gasteiger partial charge in [0.05, 0.1) is 5.75 Å². The minimum Gasteiger partial charge on any atom is -0.341 e. The lowest BCUT2D eigenvalue weighted by molar-refractivity contribution is -0.124. The van der Waals surface area contributed by atoms with Gasteiger partial charge in [-0.2, -0.15) is 0 Å². The molecule has 0 radical (unpaired) electrons. The Balaban J connectivity index is 1.46. The van der Waals surface area contributed by atoms with Crippen molar-refractivity contribution in [3.63, 3.8) is 0 Å². The summed E-state index contributed by atoms with van der Waals surface area (Å²) in [4.78, 5) is 27.3. The zero-order chi connectivity index (χ0) is 15.8. The number of carbonyl (C=O) groups excluding carboxylic acids is 2. The number of nitrogens with zero attached hydrogens (tertiary/aromatic N) is 5. The molecular weight excluding hydrogens is 316 g/mol. The lowest BCUT2D eigenvalue weighted by atomic mass is 10.4. The number of carbonyl (C=O) groups is 2. The molecule has 2 saturated heterocycles. The van der Waals surface area contributed by atoms with Gasteiger partial charge in [-0.15, -0.1) is 10.2 Å². The summed E-state index contributed by atoms with van der Waals surface area (Å²) in [6, 6.07) is 0.172. The zero-order valence-electron chi connectivity index (χ0n) is 12.9. The van der Waals surface area contributed by atoms with E-state index in [4.69, 9.17) is 0 Å². The lowest BCUT2D eigenvalue weighted by Gasteiger charge is -2.18. The summed E-state index contributed by atoms with van der Waals surface area (Å²) in [6.07, 6.45) is 4.69. The zero-order valence-corrected chi connectivity index (χ0v) is 13.7. The molecule has 3 heterocycles. The van der Waals surface area contributed by atoms with Crippen molar-refractivity contribution in [1.29, 1.82) is 0 Å². The summed E-state index contributed by atoms with van der Waals surface area (Å²) in [7, 11) is 0. The van der Waals surface area contributed by atoms with Crippen molar-refractivity contribution in [3.8, 4) is 0 Å². The van der Waals surface area contributed by atoms with Crippen LogP contribution >= 0.6 is 11.8 Å². The van der Waals surface area contributed by atoms with E-state index in [0.29, 0.717) is 19.1 Å². The van der Waals surface area contributed by atoms with E-state index in [0.717, 1.165) is 37.0 Å². The second-order valence-corrected chi connectivity index (χ2v) is 7.09. The molecule has 0 bridgehead atoms. The molecule has 0 atom stereocenters. The van der Waals surface area contributed by atoms with E-state index in [1.807, 2.05) is 0 Å². The molecular formula is C14H20N6O2S. The largest absolute Gasteiger partial charge is 0.341 e. The predicted octanol–water partition coefficient (Wildman–Crippen LogP) is 0.857. The van der Waals surface area contributed by atoms with Crippen LogP contribution in [0, 0.1) is 0 Å². The first-order valence-electron chi connectivity index (χ1n) is 8.15. The quantitative estimate of drug-likeness (QED) is 0.803. The van der Waals surface area contributed by atoms with Gasteiger partial charge in [-0.05, 0) is 25.7 Å². The highest BCUT2D eigenvalue weighted by atomic mass is 32.2. The topological polar surface area (TPSA) is 83.4 Å². The number of amides is 3. The molecule has 4 rings (SSSR count). The molecule has 8 nitrogen and oxygen atoms in total. The van der Waals surface area contributed by atoms with Crippen LogP contribution in [0.25, 0.3) is 0 Å². The van der Waals surface area contributed by atoms with Crippen LogP contribution in [0.1, 0.15) is 31.7 Å². The maximum Gasteiger partial charge on any atom is 0.324 e. The van der Waals surface area contributed by atoms with Crippen molar-refractivity contribution >= 4 is 29.6 Å². The number of imide groups is 1. The molecule has 3 aliphatic rings. The third-order valence-electron chi connectivity index (χ3n) is 4.43. The number of aromatic nitrogens is 3. The van der Waals surface area contributed by atoms with Gasteiger partial charge < -0.3 is 10.2 Å². The Bertz CT molecular complexity index is 623. The molecule has 1 aromatic rings. The van der Waals surface area contributed by atoms with Gasteiger partial charge in [-0.25, -0.2) is 4.79 Å². The van der Waals surface area contributed by atoms with E-state index in [-0.39, 0.29) is 17.7 Å². The molecule has 1 saturated carbocycles. The average Bonchev–Trinajstić information content (AvgIpc) is 2.96. The smallest absolute Gasteiger partial charge is 0.324 e. The molecule has 9 heteroatoms. The van der Waals surface area contributed by atoms with Gasteiger partial charge in [0.15, 0.2) is 5.16 Å². The first-order valence-corrected chi connectivity index (χ1v) is 9.13. The summed E-state index contributed by atoms with van der Waals surface area (Å²) in [5.41, 5.74) is 0. The van der Waals surface area contributed by atoms with Crippen LogP contribution in [0.4, 0.5) is 10.7 Å². The average molecular weight is 336 g/mol. The van der Waals surface area contributed by atoms with E-state index < -0.39 is 0 Å². The maximum atomic E-state index is 12.2. The molecule has 0 unspecified atom stereocenters. The summed E-state index contributed by atoms with van der Waals surface area (Å²) in [6.45, 7) is 3.05. The number of hydrogen-bond acceptors (Lipinski definition) is 6. The number of hydrogen-bond donors (Lipinski definition) is 1. The van der Waals surface area contributed by atoms with Crippen molar-refractivity contribution in [3.05, 3.63) is 0 Å². The fraction of sp³-hybridized carbons (Fsp3) is 0.714. The van der Waals surface area contributed by atoms with Gasteiger partial charge >= 0.3 is 6.03 Å². The molecule has 1 N–H and O–H groups in total. The first kappa shape index (κ1) is 14.8. The van der Waals surface area contributed by atoms with Crippen LogP contribution in [0.5, 0.6) is 0 Å². The van der Waals surface area contributed by atoms with Crippen molar-refractivity contribution in [2.45, 2.75) is 36.9 Å². The minimum atomic E-state index is -0.294. The van der Waals surface area contributed by atoms with E-state index in [9.17, 15) is 9.59 Å². The van der Waals surface area contributed by atoms with Gasteiger partial charge in [0.25, 0.3) is 0 Å². The van der Waals surface area contributed by atoms with Crippen molar-refractivity contribution in [1.82, 2.24) is 25.0 Å². The van der Waals surface area contributed by atoms with Crippen molar-refractivity contribution < 1.29 is 9.59 Å². The Hall–Kier alpha value is -1.77. The van der Waals surface area contributed by atoms with Crippen LogP contribution in [-0.2, 0) is 4.79 Å². The normalized spacial score (nSPS) is 21.1. The summed E-state index contributed by atoms with van der Waals surface area (Å²) in [5.74, 6) is 0.995. The second-order valence-electron chi connectivity index (χ2n) is 6.14.